The number of halogens is 1. The molecule has 6 nitrogen and oxygen atoms in total. The highest BCUT2D eigenvalue weighted by Gasteiger charge is 2.14. The van der Waals surface area contributed by atoms with Crippen molar-refractivity contribution in [2.75, 3.05) is 11.1 Å². The van der Waals surface area contributed by atoms with Gasteiger partial charge in [-0.25, -0.2) is 9.67 Å². The third-order valence-corrected chi connectivity index (χ3v) is 3.44. The van der Waals surface area contributed by atoms with E-state index < -0.39 is 0 Å². The molecular weight excluding hydrogens is 314 g/mol. The van der Waals surface area contributed by atoms with Gasteiger partial charge in [0.15, 0.2) is 0 Å². The first kappa shape index (κ1) is 15.1. The van der Waals surface area contributed by atoms with Crippen LogP contribution in [0.4, 0.5) is 11.6 Å². The smallest absolute Gasteiger partial charge is 0.260 e. The van der Waals surface area contributed by atoms with Crippen molar-refractivity contribution in [1.82, 2.24) is 14.8 Å². The highest BCUT2D eigenvalue weighted by molar-refractivity contribution is 6.30. The molecule has 1 amide bonds. The monoisotopic (exact) mass is 327 g/mol. The molecule has 0 unspecified atom stereocenters. The van der Waals surface area contributed by atoms with Gasteiger partial charge in [-0.2, -0.15) is 5.10 Å². The van der Waals surface area contributed by atoms with Crippen molar-refractivity contribution in [2.24, 2.45) is 0 Å². The first-order valence-electron chi connectivity index (χ1n) is 6.89. The van der Waals surface area contributed by atoms with Gasteiger partial charge in [0.2, 0.25) is 0 Å². The molecule has 1 aromatic carbocycles. The summed E-state index contributed by atoms with van der Waals surface area (Å²) in [4.78, 5) is 16.3. The van der Waals surface area contributed by atoms with E-state index in [0.717, 1.165) is 11.4 Å². The van der Waals surface area contributed by atoms with Gasteiger partial charge in [-0.1, -0.05) is 17.7 Å². The second kappa shape index (κ2) is 6.10. The Morgan fingerprint density at radius 1 is 1.26 bits per heavy atom. The van der Waals surface area contributed by atoms with Crippen LogP contribution in [0.15, 0.2) is 48.7 Å². The van der Waals surface area contributed by atoms with E-state index in [1.165, 1.54) is 6.20 Å². The van der Waals surface area contributed by atoms with E-state index in [0.29, 0.717) is 16.4 Å². The van der Waals surface area contributed by atoms with E-state index in [-0.39, 0.29) is 11.7 Å². The summed E-state index contributed by atoms with van der Waals surface area (Å²) in [5.41, 5.74) is 7.56. The maximum Gasteiger partial charge on any atom is 0.260 e. The highest BCUT2D eigenvalue weighted by Crippen LogP contribution is 2.21. The molecule has 0 saturated carbocycles. The fraction of sp³-hybridized carbons (Fsp3) is 0.0625. The van der Waals surface area contributed by atoms with Crippen LogP contribution in [-0.2, 0) is 0 Å². The van der Waals surface area contributed by atoms with Gasteiger partial charge in [0.1, 0.15) is 11.6 Å². The summed E-state index contributed by atoms with van der Waals surface area (Å²) in [6.45, 7) is 1.84. The number of carbonyl (C=O) groups excluding carboxylic acids is 1. The van der Waals surface area contributed by atoms with Crippen LogP contribution in [-0.4, -0.2) is 20.7 Å². The van der Waals surface area contributed by atoms with E-state index in [1.54, 1.807) is 35.0 Å². The molecule has 7 heteroatoms. The third kappa shape index (κ3) is 3.17. The molecule has 0 atom stereocenters. The molecule has 0 saturated heterocycles. The molecule has 2 heterocycles. The summed E-state index contributed by atoms with van der Waals surface area (Å²) in [6.07, 6.45) is 1.53. The Morgan fingerprint density at radius 2 is 2.09 bits per heavy atom. The molecule has 23 heavy (non-hydrogen) atoms. The molecule has 2 aromatic heterocycles. The third-order valence-electron chi connectivity index (χ3n) is 3.21. The number of nitrogens with one attached hydrogen (secondary N) is 1. The Morgan fingerprint density at radius 3 is 2.83 bits per heavy atom. The number of anilines is 2. The van der Waals surface area contributed by atoms with Gasteiger partial charge in [-0.05, 0) is 37.3 Å². The zero-order valence-electron chi connectivity index (χ0n) is 12.3. The van der Waals surface area contributed by atoms with Gasteiger partial charge in [0.05, 0.1) is 16.9 Å². The molecule has 0 spiro atoms. The predicted octanol–water partition coefficient (Wildman–Crippen LogP) is 3.06. The molecule has 3 rings (SSSR count). The molecule has 0 bridgehead atoms. The number of nitrogen functional groups attached to an aromatic ring is 1. The van der Waals surface area contributed by atoms with Crippen LogP contribution in [0.5, 0.6) is 0 Å². The summed E-state index contributed by atoms with van der Waals surface area (Å²) in [7, 11) is 0. The second-order valence-electron chi connectivity index (χ2n) is 4.95. The standard InChI is InChI=1S/C16H14ClN5O/c1-10-8-14(20-16(23)13-6-3-7-19-15(13)18)22(21-10)12-5-2-4-11(17)9-12/h2-9H,1H3,(H2,18,19)(H,20,23). The normalized spacial score (nSPS) is 10.5. The van der Waals surface area contributed by atoms with Gasteiger partial charge in [-0.15, -0.1) is 0 Å². The number of aromatic nitrogens is 3. The quantitative estimate of drug-likeness (QED) is 0.774. The lowest BCUT2D eigenvalue weighted by molar-refractivity contribution is 0.102. The summed E-state index contributed by atoms with van der Waals surface area (Å²) in [5, 5.41) is 7.78. The van der Waals surface area contributed by atoms with Crippen LogP contribution >= 0.6 is 11.6 Å². The van der Waals surface area contributed by atoms with Crippen molar-refractivity contribution in [3.63, 3.8) is 0 Å². The molecule has 3 aromatic rings. The highest BCUT2D eigenvalue weighted by atomic mass is 35.5. The number of rotatable bonds is 3. The van der Waals surface area contributed by atoms with Crippen LogP contribution in [0, 0.1) is 6.92 Å². The Hall–Kier alpha value is -2.86. The zero-order chi connectivity index (χ0) is 16.4. The summed E-state index contributed by atoms with van der Waals surface area (Å²) in [6, 6.07) is 12.3. The fourth-order valence-corrected chi connectivity index (χ4v) is 2.37. The average Bonchev–Trinajstić information content (AvgIpc) is 2.88. The van der Waals surface area contributed by atoms with Crippen molar-refractivity contribution in [2.45, 2.75) is 6.92 Å². The Kier molecular flexibility index (Phi) is 3.99. The summed E-state index contributed by atoms with van der Waals surface area (Å²) < 4.78 is 1.62. The zero-order valence-corrected chi connectivity index (χ0v) is 13.1. The van der Waals surface area contributed by atoms with Crippen molar-refractivity contribution < 1.29 is 4.79 Å². The van der Waals surface area contributed by atoms with Gasteiger partial charge in [0, 0.05) is 17.3 Å². The molecule has 0 aliphatic rings. The Balaban J connectivity index is 1.95. The van der Waals surface area contributed by atoms with Crippen LogP contribution in [0.1, 0.15) is 16.1 Å². The molecule has 0 aliphatic heterocycles. The maximum absolute atomic E-state index is 12.4. The number of carbonyl (C=O) groups is 1. The number of nitrogens with zero attached hydrogens (tertiary/aromatic N) is 3. The topological polar surface area (TPSA) is 85.8 Å². The lowest BCUT2D eigenvalue weighted by Crippen LogP contribution is -2.17. The summed E-state index contributed by atoms with van der Waals surface area (Å²) in [5.74, 6) is 0.354. The van der Waals surface area contributed by atoms with Crippen molar-refractivity contribution >= 4 is 29.1 Å². The van der Waals surface area contributed by atoms with E-state index in [4.69, 9.17) is 17.3 Å². The number of aryl methyl sites for hydroxylation is 1. The minimum atomic E-state index is -0.348. The van der Waals surface area contributed by atoms with Gasteiger partial charge in [0.25, 0.3) is 5.91 Å². The van der Waals surface area contributed by atoms with Crippen LogP contribution in [0.25, 0.3) is 5.69 Å². The number of amides is 1. The minimum absolute atomic E-state index is 0.176. The SMILES string of the molecule is Cc1cc(NC(=O)c2cccnc2N)n(-c2cccc(Cl)c2)n1. The van der Waals surface area contributed by atoms with Gasteiger partial charge < -0.3 is 11.1 Å². The molecular formula is C16H14ClN5O. The molecule has 3 N–H and O–H groups in total. The maximum atomic E-state index is 12.4. The van der Waals surface area contributed by atoms with E-state index in [2.05, 4.69) is 15.4 Å². The number of hydrogen-bond acceptors (Lipinski definition) is 4. The molecule has 116 valence electrons. The largest absolute Gasteiger partial charge is 0.383 e. The first-order chi connectivity index (χ1) is 11.0. The predicted molar refractivity (Wildman–Crippen MR) is 89.9 cm³/mol. The Bertz CT molecular complexity index is 874. The van der Waals surface area contributed by atoms with E-state index in [1.807, 2.05) is 19.1 Å². The van der Waals surface area contributed by atoms with Crippen LogP contribution in [0.2, 0.25) is 5.02 Å². The second-order valence-corrected chi connectivity index (χ2v) is 5.39. The van der Waals surface area contributed by atoms with Crippen molar-refractivity contribution in [3.8, 4) is 5.69 Å². The van der Waals surface area contributed by atoms with Crippen molar-refractivity contribution in [1.29, 1.82) is 0 Å². The lowest BCUT2D eigenvalue weighted by Gasteiger charge is -2.10. The van der Waals surface area contributed by atoms with Gasteiger partial charge >= 0.3 is 0 Å². The fourth-order valence-electron chi connectivity index (χ4n) is 2.19. The molecule has 0 fully saturated rings. The lowest BCUT2D eigenvalue weighted by atomic mass is 10.2. The number of nitrogens with two attached hydrogens (primary N) is 1. The molecule has 0 radical (unpaired) electrons. The van der Waals surface area contributed by atoms with E-state index in [9.17, 15) is 4.79 Å². The van der Waals surface area contributed by atoms with Gasteiger partial charge in [-0.3, -0.25) is 4.79 Å². The average molecular weight is 328 g/mol. The Labute approximate surface area is 137 Å². The van der Waals surface area contributed by atoms with Crippen LogP contribution < -0.4 is 11.1 Å². The van der Waals surface area contributed by atoms with Crippen LogP contribution in [0.3, 0.4) is 0 Å². The number of hydrogen-bond donors (Lipinski definition) is 2. The number of pyridine rings is 1. The number of benzene rings is 1. The first-order valence-corrected chi connectivity index (χ1v) is 7.27. The van der Waals surface area contributed by atoms with Crippen molar-refractivity contribution in [3.05, 3.63) is 64.9 Å². The molecule has 0 aliphatic carbocycles. The van der Waals surface area contributed by atoms with E-state index >= 15 is 0 Å². The summed E-state index contributed by atoms with van der Waals surface area (Å²) >= 11 is 6.02. The minimum Gasteiger partial charge on any atom is -0.383 e.